The summed E-state index contributed by atoms with van der Waals surface area (Å²) in [5.74, 6) is 0.207. The molecule has 3 heteroatoms. The van der Waals surface area contributed by atoms with Crippen molar-refractivity contribution in [2.24, 2.45) is 5.41 Å². The van der Waals surface area contributed by atoms with E-state index in [1.165, 1.54) is 0 Å². The maximum atomic E-state index is 11.4. The minimum Gasteiger partial charge on any atom is -0.395 e. The monoisotopic (exact) mass is 173 g/mol. The van der Waals surface area contributed by atoms with Gasteiger partial charge in [-0.15, -0.1) is 0 Å². The normalized spacial score (nSPS) is 11.7. The van der Waals surface area contributed by atoms with E-state index in [0.29, 0.717) is 13.1 Å². The standard InChI is InChI=1S/C9H19NO2/c1-4-9(2,3)8(12)7-10-5-6-11/h10-11H,4-7H2,1-3H3. The van der Waals surface area contributed by atoms with E-state index in [1.807, 2.05) is 20.8 Å². The van der Waals surface area contributed by atoms with Crippen molar-refractivity contribution >= 4 is 5.78 Å². The predicted octanol–water partition coefficient (Wildman–Crippen LogP) is 0.574. The molecule has 12 heavy (non-hydrogen) atoms. The molecule has 0 saturated heterocycles. The number of carbonyl (C=O) groups excluding carboxylic acids is 1. The molecule has 0 aliphatic carbocycles. The van der Waals surface area contributed by atoms with Crippen LogP contribution in [0.25, 0.3) is 0 Å². The van der Waals surface area contributed by atoms with Crippen LogP contribution in [0.1, 0.15) is 27.2 Å². The largest absolute Gasteiger partial charge is 0.395 e. The second-order valence-electron chi connectivity index (χ2n) is 3.56. The number of hydrogen-bond acceptors (Lipinski definition) is 3. The molecular weight excluding hydrogens is 154 g/mol. The molecule has 0 fully saturated rings. The molecule has 0 radical (unpaired) electrons. The van der Waals surface area contributed by atoms with Gasteiger partial charge >= 0.3 is 0 Å². The molecule has 0 saturated carbocycles. The van der Waals surface area contributed by atoms with Gasteiger partial charge in [0.15, 0.2) is 5.78 Å². The third kappa shape index (κ3) is 3.83. The lowest BCUT2D eigenvalue weighted by Gasteiger charge is -2.20. The van der Waals surface area contributed by atoms with Crippen molar-refractivity contribution in [1.82, 2.24) is 5.32 Å². The van der Waals surface area contributed by atoms with E-state index < -0.39 is 0 Å². The molecule has 72 valence electrons. The molecule has 0 rings (SSSR count). The van der Waals surface area contributed by atoms with Crippen molar-refractivity contribution in [3.05, 3.63) is 0 Å². The molecule has 0 bridgehead atoms. The Morgan fingerprint density at radius 2 is 2.08 bits per heavy atom. The van der Waals surface area contributed by atoms with Gasteiger partial charge in [0.2, 0.25) is 0 Å². The summed E-state index contributed by atoms with van der Waals surface area (Å²) in [6.45, 7) is 6.82. The number of carbonyl (C=O) groups is 1. The fourth-order valence-electron chi connectivity index (χ4n) is 0.717. The van der Waals surface area contributed by atoms with Crippen molar-refractivity contribution < 1.29 is 9.90 Å². The van der Waals surface area contributed by atoms with Crippen LogP contribution >= 0.6 is 0 Å². The second kappa shape index (κ2) is 5.27. The highest BCUT2D eigenvalue weighted by molar-refractivity contribution is 5.85. The van der Waals surface area contributed by atoms with E-state index >= 15 is 0 Å². The van der Waals surface area contributed by atoms with Crippen LogP contribution in [0.4, 0.5) is 0 Å². The minimum atomic E-state index is -0.234. The maximum Gasteiger partial charge on any atom is 0.152 e. The molecule has 2 N–H and O–H groups in total. The van der Waals surface area contributed by atoms with Crippen LogP contribution < -0.4 is 5.32 Å². The first-order valence-electron chi connectivity index (χ1n) is 4.39. The van der Waals surface area contributed by atoms with Gasteiger partial charge in [0, 0.05) is 12.0 Å². The van der Waals surface area contributed by atoms with Gasteiger partial charge < -0.3 is 10.4 Å². The first-order valence-corrected chi connectivity index (χ1v) is 4.39. The summed E-state index contributed by atoms with van der Waals surface area (Å²) in [6, 6.07) is 0. The summed E-state index contributed by atoms with van der Waals surface area (Å²) in [6.07, 6.45) is 0.854. The SMILES string of the molecule is CCC(C)(C)C(=O)CNCCO. The third-order valence-corrected chi connectivity index (χ3v) is 2.21. The average Bonchev–Trinajstić information content (AvgIpc) is 2.05. The summed E-state index contributed by atoms with van der Waals surface area (Å²) in [4.78, 5) is 11.4. The van der Waals surface area contributed by atoms with Gasteiger partial charge in [-0.3, -0.25) is 4.79 Å². The first-order chi connectivity index (χ1) is 5.54. The van der Waals surface area contributed by atoms with Crippen molar-refractivity contribution in [2.45, 2.75) is 27.2 Å². The van der Waals surface area contributed by atoms with Crippen LogP contribution in [-0.2, 0) is 4.79 Å². The second-order valence-corrected chi connectivity index (χ2v) is 3.56. The first kappa shape index (κ1) is 11.6. The smallest absolute Gasteiger partial charge is 0.152 e. The summed E-state index contributed by atoms with van der Waals surface area (Å²) in [5, 5.41) is 11.3. The molecule has 0 atom stereocenters. The number of aliphatic hydroxyl groups excluding tert-OH is 1. The third-order valence-electron chi connectivity index (χ3n) is 2.21. The maximum absolute atomic E-state index is 11.4. The Morgan fingerprint density at radius 1 is 1.50 bits per heavy atom. The Labute approximate surface area is 74.2 Å². The molecule has 0 aromatic heterocycles. The zero-order valence-corrected chi connectivity index (χ0v) is 8.18. The highest BCUT2D eigenvalue weighted by Crippen LogP contribution is 2.19. The van der Waals surface area contributed by atoms with Gasteiger partial charge in [-0.05, 0) is 6.42 Å². The molecule has 0 aliphatic heterocycles. The zero-order valence-electron chi connectivity index (χ0n) is 8.18. The van der Waals surface area contributed by atoms with Gasteiger partial charge in [-0.1, -0.05) is 20.8 Å². The molecule has 0 spiro atoms. The number of ketones is 1. The number of Topliss-reactive ketones (excluding diaryl/α,β-unsaturated/α-hetero) is 1. The van der Waals surface area contributed by atoms with Crippen LogP contribution in [0.5, 0.6) is 0 Å². The average molecular weight is 173 g/mol. The lowest BCUT2D eigenvalue weighted by molar-refractivity contribution is -0.126. The van der Waals surface area contributed by atoms with Crippen molar-refractivity contribution in [3.63, 3.8) is 0 Å². The number of aliphatic hydroxyl groups is 1. The Kier molecular flexibility index (Phi) is 5.09. The predicted molar refractivity (Wildman–Crippen MR) is 49.0 cm³/mol. The molecule has 0 aromatic rings. The fraction of sp³-hybridized carbons (Fsp3) is 0.889. The summed E-state index contributed by atoms with van der Waals surface area (Å²) in [5.41, 5.74) is -0.234. The van der Waals surface area contributed by atoms with Crippen LogP contribution in [0, 0.1) is 5.41 Å². The van der Waals surface area contributed by atoms with Crippen molar-refractivity contribution in [2.75, 3.05) is 19.7 Å². The van der Waals surface area contributed by atoms with Crippen LogP contribution in [-0.4, -0.2) is 30.6 Å². The van der Waals surface area contributed by atoms with E-state index in [-0.39, 0.29) is 17.8 Å². The van der Waals surface area contributed by atoms with E-state index in [1.54, 1.807) is 0 Å². The van der Waals surface area contributed by atoms with Gasteiger partial charge in [-0.25, -0.2) is 0 Å². The van der Waals surface area contributed by atoms with Crippen LogP contribution in [0.2, 0.25) is 0 Å². The van der Waals surface area contributed by atoms with E-state index in [4.69, 9.17) is 5.11 Å². The molecule has 0 aliphatic rings. The van der Waals surface area contributed by atoms with Crippen LogP contribution in [0.3, 0.4) is 0 Å². The number of nitrogens with one attached hydrogen (secondary N) is 1. The molecule has 0 unspecified atom stereocenters. The number of rotatable bonds is 6. The molecule has 3 nitrogen and oxygen atoms in total. The highest BCUT2D eigenvalue weighted by atomic mass is 16.3. The summed E-state index contributed by atoms with van der Waals surface area (Å²) < 4.78 is 0. The summed E-state index contributed by atoms with van der Waals surface area (Å²) in [7, 11) is 0. The topological polar surface area (TPSA) is 49.3 Å². The van der Waals surface area contributed by atoms with Crippen molar-refractivity contribution in [3.8, 4) is 0 Å². The quantitative estimate of drug-likeness (QED) is 0.577. The minimum absolute atomic E-state index is 0.0832. The lowest BCUT2D eigenvalue weighted by atomic mass is 9.85. The highest BCUT2D eigenvalue weighted by Gasteiger charge is 2.23. The fourth-order valence-corrected chi connectivity index (χ4v) is 0.717. The Bertz CT molecular complexity index is 143. The van der Waals surface area contributed by atoms with Crippen LogP contribution in [0.15, 0.2) is 0 Å². The lowest BCUT2D eigenvalue weighted by Crippen LogP contribution is -2.34. The Hall–Kier alpha value is -0.410. The van der Waals surface area contributed by atoms with Gasteiger partial charge in [-0.2, -0.15) is 0 Å². The summed E-state index contributed by atoms with van der Waals surface area (Å²) >= 11 is 0. The Morgan fingerprint density at radius 3 is 2.50 bits per heavy atom. The molecule has 0 amide bonds. The van der Waals surface area contributed by atoms with Gasteiger partial charge in [0.05, 0.1) is 13.2 Å². The van der Waals surface area contributed by atoms with Gasteiger partial charge in [0.25, 0.3) is 0 Å². The van der Waals surface area contributed by atoms with E-state index in [0.717, 1.165) is 6.42 Å². The number of hydrogen-bond donors (Lipinski definition) is 2. The molecule has 0 aromatic carbocycles. The molecule has 0 heterocycles. The Balaban J connectivity index is 3.72. The molecular formula is C9H19NO2. The van der Waals surface area contributed by atoms with Gasteiger partial charge in [0.1, 0.15) is 0 Å². The van der Waals surface area contributed by atoms with Crippen molar-refractivity contribution in [1.29, 1.82) is 0 Å². The van der Waals surface area contributed by atoms with E-state index in [2.05, 4.69) is 5.32 Å². The van der Waals surface area contributed by atoms with E-state index in [9.17, 15) is 4.79 Å². The zero-order chi connectivity index (χ0) is 9.61.